The van der Waals surface area contributed by atoms with E-state index < -0.39 is 11.7 Å². The Hall–Kier alpha value is -1.80. The minimum atomic E-state index is -4.47. The van der Waals surface area contributed by atoms with Crippen LogP contribution in [0.2, 0.25) is 0 Å². The third-order valence-corrected chi connectivity index (χ3v) is 4.67. The Balaban J connectivity index is 2.16. The molecule has 0 spiro atoms. The zero-order chi connectivity index (χ0) is 17.5. The van der Waals surface area contributed by atoms with Crippen LogP contribution < -0.4 is 5.69 Å². The second-order valence-corrected chi connectivity index (χ2v) is 6.26. The van der Waals surface area contributed by atoms with Gasteiger partial charge < -0.3 is 10.0 Å². The lowest BCUT2D eigenvalue weighted by molar-refractivity contribution is -0.137. The lowest BCUT2D eigenvalue weighted by atomic mass is 10.0. The average Bonchev–Trinajstić information content (AvgIpc) is 2.80. The van der Waals surface area contributed by atoms with Crippen LogP contribution in [0.4, 0.5) is 13.2 Å². The van der Waals surface area contributed by atoms with Gasteiger partial charge in [-0.3, -0.25) is 9.13 Å². The second-order valence-electron chi connectivity index (χ2n) is 6.26. The summed E-state index contributed by atoms with van der Waals surface area (Å²) in [6.07, 6.45) is -2.92. The minimum Gasteiger partial charge on any atom is -0.395 e. The molecule has 1 N–H and O–H groups in total. The van der Waals surface area contributed by atoms with E-state index in [2.05, 4.69) is 4.90 Å². The van der Waals surface area contributed by atoms with E-state index in [1.807, 2.05) is 7.05 Å². The van der Waals surface area contributed by atoms with Crippen LogP contribution in [-0.2, 0) is 12.7 Å². The lowest BCUT2D eigenvalue weighted by Crippen LogP contribution is -2.36. The summed E-state index contributed by atoms with van der Waals surface area (Å²) in [5.74, 6) is 0. The number of piperidine rings is 1. The fraction of sp³-hybridized carbons (Fsp3) is 0.562. The van der Waals surface area contributed by atoms with Gasteiger partial charge in [0.05, 0.1) is 29.7 Å². The number of aliphatic hydroxyl groups excluding tert-OH is 1. The summed E-state index contributed by atoms with van der Waals surface area (Å²) in [5, 5.41) is 9.19. The Morgan fingerprint density at radius 1 is 1.21 bits per heavy atom. The molecule has 0 saturated carbocycles. The van der Waals surface area contributed by atoms with Crippen molar-refractivity contribution < 1.29 is 18.3 Å². The molecule has 1 aliphatic rings. The maximum atomic E-state index is 13.0. The van der Waals surface area contributed by atoms with Crippen LogP contribution in [0.25, 0.3) is 11.0 Å². The van der Waals surface area contributed by atoms with Crippen LogP contribution in [-0.4, -0.2) is 45.9 Å². The standard InChI is InChI=1S/C16H20F3N3O2/c1-20-6-4-12(5-7-20)22-13-3-2-11(16(17,18)19)10-14(13)21(8-9-23)15(22)24/h2-3,10,12,23H,4-9H2,1H3. The van der Waals surface area contributed by atoms with Gasteiger partial charge in [-0.05, 0) is 51.2 Å². The van der Waals surface area contributed by atoms with Gasteiger partial charge in [-0.2, -0.15) is 13.2 Å². The van der Waals surface area contributed by atoms with Crippen molar-refractivity contribution >= 4 is 11.0 Å². The first-order valence-corrected chi connectivity index (χ1v) is 7.94. The van der Waals surface area contributed by atoms with Crippen molar-refractivity contribution in [2.45, 2.75) is 31.6 Å². The number of likely N-dealkylation sites (tertiary alicyclic amines) is 1. The third-order valence-electron chi connectivity index (χ3n) is 4.67. The van der Waals surface area contributed by atoms with Gasteiger partial charge in [-0.25, -0.2) is 4.79 Å². The Morgan fingerprint density at radius 3 is 2.46 bits per heavy atom. The number of imidazole rings is 1. The molecule has 5 nitrogen and oxygen atoms in total. The normalized spacial score (nSPS) is 17.7. The molecule has 24 heavy (non-hydrogen) atoms. The number of benzene rings is 1. The predicted octanol–water partition coefficient (Wildman–Crippen LogP) is 2.08. The van der Waals surface area contributed by atoms with Crippen molar-refractivity contribution in [3.8, 4) is 0 Å². The highest BCUT2D eigenvalue weighted by molar-refractivity contribution is 5.77. The van der Waals surface area contributed by atoms with Crippen molar-refractivity contribution in [1.29, 1.82) is 0 Å². The van der Waals surface area contributed by atoms with Crippen molar-refractivity contribution in [3.63, 3.8) is 0 Å². The number of fused-ring (bicyclic) bond motifs is 1. The summed E-state index contributed by atoms with van der Waals surface area (Å²) in [6, 6.07) is 3.34. The van der Waals surface area contributed by atoms with Gasteiger partial charge in [-0.1, -0.05) is 0 Å². The molecule has 1 fully saturated rings. The van der Waals surface area contributed by atoms with Gasteiger partial charge in [0.2, 0.25) is 0 Å². The molecule has 0 atom stereocenters. The van der Waals surface area contributed by atoms with Crippen molar-refractivity contribution in [3.05, 3.63) is 34.2 Å². The fourth-order valence-corrected chi connectivity index (χ4v) is 3.38. The van der Waals surface area contributed by atoms with Gasteiger partial charge in [0.25, 0.3) is 0 Å². The summed E-state index contributed by atoms with van der Waals surface area (Å²) < 4.78 is 41.8. The number of rotatable bonds is 3. The van der Waals surface area contributed by atoms with Crippen LogP contribution >= 0.6 is 0 Å². The summed E-state index contributed by atoms with van der Waals surface area (Å²) in [7, 11) is 2.00. The van der Waals surface area contributed by atoms with Crippen LogP contribution in [0.1, 0.15) is 24.4 Å². The van der Waals surface area contributed by atoms with Crippen molar-refractivity contribution in [2.75, 3.05) is 26.7 Å². The molecular formula is C16H20F3N3O2. The van der Waals surface area contributed by atoms with Gasteiger partial charge in [0.15, 0.2) is 0 Å². The zero-order valence-electron chi connectivity index (χ0n) is 13.4. The Labute approximate surface area is 136 Å². The maximum Gasteiger partial charge on any atom is 0.416 e. The van der Waals surface area contributed by atoms with E-state index >= 15 is 0 Å². The van der Waals surface area contributed by atoms with Crippen molar-refractivity contribution in [2.24, 2.45) is 0 Å². The highest BCUT2D eigenvalue weighted by Gasteiger charge is 2.32. The molecule has 2 heterocycles. The highest BCUT2D eigenvalue weighted by atomic mass is 19.4. The molecule has 132 valence electrons. The molecule has 1 aromatic heterocycles. The molecular weight excluding hydrogens is 323 g/mol. The quantitative estimate of drug-likeness (QED) is 0.928. The SMILES string of the molecule is CN1CCC(n2c(=O)n(CCO)c3cc(C(F)(F)F)ccc32)CC1. The molecule has 0 radical (unpaired) electrons. The van der Waals surface area contributed by atoms with Crippen LogP contribution in [0.15, 0.2) is 23.0 Å². The Morgan fingerprint density at radius 2 is 1.88 bits per heavy atom. The Kier molecular flexibility index (Phi) is 4.44. The molecule has 1 saturated heterocycles. The number of aromatic nitrogens is 2. The number of halogens is 3. The van der Waals surface area contributed by atoms with E-state index in [0.29, 0.717) is 5.52 Å². The van der Waals surface area contributed by atoms with E-state index in [0.717, 1.165) is 38.1 Å². The first-order chi connectivity index (χ1) is 11.3. The monoisotopic (exact) mass is 343 g/mol. The van der Waals surface area contributed by atoms with Crippen LogP contribution in [0.3, 0.4) is 0 Å². The number of aliphatic hydroxyl groups is 1. The topological polar surface area (TPSA) is 50.4 Å². The van der Waals surface area contributed by atoms with Crippen LogP contribution in [0.5, 0.6) is 0 Å². The van der Waals surface area contributed by atoms with Crippen LogP contribution in [0, 0.1) is 0 Å². The van der Waals surface area contributed by atoms with E-state index in [1.165, 1.54) is 10.6 Å². The summed E-state index contributed by atoms with van der Waals surface area (Å²) in [4.78, 5) is 14.9. The van der Waals surface area contributed by atoms with Gasteiger partial charge >= 0.3 is 11.9 Å². The second kappa shape index (κ2) is 6.25. The molecule has 3 rings (SSSR count). The van der Waals surface area contributed by atoms with Gasteiger partial charge in [-0.15, -0.1) is 0 Å². The minimum absolute atomic E-state index is 0.0176. The molecule has 2 aromatic rings. The summed E-state index contributed by atoms with van der Waals surface area (Å²) in [6.45, 7) is 1.35. The number of nitrogens with zero attached hydrogens (tertiary/aromatic N) is 3. The first kappa shape index (κ1) is 17.0. The molecule has 8 heteroatoms. The number of hydrogen-bond acceptors (Lipinski definition) is 3. The average molecular weight is 343 g/mol. The molecule has 0 aliphatic carbocycles. The Bertz CT molecular complexity index is 786. The van der Waals surface area contributed by atoms with E-state index in [-0.39, 0.29) is 30.4 Å². The van der Waals surface area contributed by atoms with Gasteiger partial charge in [0.1, 0.15) is 0 Å². The largest absolute Gasteiger partial charge is 0.416 e. The van der Waals surface area contributed by atoms with Crippen molar-refractivity contribution in [1.82, 2.24) is 14.0 Å². The fourth-order valence-electron chi connectivity index (χ4n) is 3.38. The molecule has 1 aromatic carbocycles. The summed E-state index contributed by atoms with van der Waals surface area (Å²) >= 11 is 0. The molecule has 0 amide bonds. The molecule has 0 unspecified atom stereocenters. The van der Waals surface area contributed by atoms with E-state index in [1.54, 1.807) is 4.57 Å². The lowest BCUT2D eigenvalue weighted by Gasteiger charge is -2.29. The molecule has 0 bridgehead atoms. The maximum absolute atomic E-state index is 13.0. The first-order valence-electron chi connectivity index (χ1n) is 7.94. The number of hydrogen-bond donors (Lipinski definition) is 1. The smallest absolute Gasteiger partial charge is 0.395 e. The molecule has 1 aliphatic heterocycles. The van der Waals surface area contributed by atoms with Gasteiger partial charge in [0, 0.05) is 6.04 Å². The third kappa shape index (κ3) is 2.95. The number of alkyl halides is 3. The van der Waals surface area contributed by atoms with E-state index in [9.17, 15) is 23.1 Å². The summed E-state index contributed by atoms with van der Waals surface area (Å²) in [5.41, 5.74) is -0.422. The zero-order valence-corrected chi connectivity index (χ0v) is 13.4. The van der Waals surface area contributed by atoms with E-state index in [4.69, 9.17) is 0 Å². The predicted molar refractivity (Wildman–Crippen MR) is 84.1 cm³/mol. The highest BCUT2D eigenvalue weighted by Crippen LogP contribution is 2.32.